The Kier molecular flexibility index (Phi) is 4.79. The van der Waals surface area contributed by atoms with Gasteiger partial charge in [-0.1, -0.05) is 31.6 Å². The molecule has 5 heteroatoms. The van der Waals surface area contributed by atoms with Gasteiger partial charge in [-0.2, -0.15) is 5.26 Å². The third kappa shape index (κ3) is 3.11. The van der Waals surface area contributed by atoms with Crippen LogP contribution in [0.2, 0.25) is 0 Å². The zero-order chi connectivity index (χ0) is 19.7. The van der Waals surface area contributed by atoms with E-state index in [1.165, 1.54) is 12.8 Å². The fourth-order valence-corrected chi connectivity index (χ4v) is 4.37. The monoisotopic (exact) mass is 372 g/mol. The first-order valence-corrected chi connectivity index (χ1v) is 9.66. The summed E-state index contributed by atoms with van der Waals surface area (Å²) in [7, 11) is 0. The number of ether oxygens (including phenoxy) is 1. The van der Waals surface area contributed by atoms with E-state index in [4.69, 9.17) is 10.5 Å². The lowest BCUT2D eigenvalue weighted by Gasteiger charge is -2.31. The molecule has 0 spiro atoms. The van der Waals surface area contributed by atoms with Crippen LogP contribution in [-0.4, -0.2) is 9.55 Å². The molecule has 5 nitrogen and oxygen atoms in total. The van der Waals surface area contributed by atoms with Crippen LogP contribution in [0.15, 0.2) is 77.9 Å². The predicted octanol–water partition coefficient (Wildman–Crippen LogP) is 4.70. The second-order valence-electron chi connectivity index (χ2n) is 7.46. The number of benzene rings is 1. The summed E-state index contributed by atoms with van der Waals surface area (Å²) in [5.41, 5.74) is 10.7. The molecular formula is C23H24N4O. The maximum Gasteiger partial charge on any atom is 0.205 e. The molecule has 0 radical (unpaired) electrons. The summed E-state index contributed by atoms with van der Waals surface area (Å²) in [5, 5.41) is 9.82. The Bertz CT molecular complexity index is 984. The van der Waals surface area contributed by atoms with Crippen molar-refractivity contribution in [1.29, 1.82) is 5.26 Å². The van der Waals surface area contributed by atoms with Gasteiger partial charge in [0, 0.05) is 23.7 Å². The first-order valence-electron chi connectivity index (χ1n) is 9.66. The average Bonchev–Trinajstić information content (AvgIpc) is 3.41. The molecule has 142 valence electrons. The van der Waals surface area contributed by atoms with Crippen molar-refractivity contribution < 1.29 is 4.74 Å². The van der Waals surface area contributed by atoms with Gasteiger partial charge in [-0.15, -0.1) is 0 Å². The summed E-state index contributed by atoms with van der Waals surface area (Å²) in [4.78, 5) is 4.10. The highest BCUT2D eigenvalue weighted by Gasteiger charge is 2.35. The number of allylic oxidation sites excluding steroid dienone is 4. The van der Waals surface area contributed by atoms with E-state index >= 15 is 0 Å². The third-order valence-electron chi connectivity index (χ3n) is 5.83. The summed E-state index contributed by atoms with van der Waals surface area (Å²) in [6.07, 6.45) is 10.2. The summed E-state index contributed by atoms with van der Waals surface area (Å²) in [5.74, 6) is 1.13. The van der Waals surface area contributed by atoms with Gasteiger partial charge in [-0.3, -0.25) is 0 Å². The number of aromatic nitrogens is 2. The van der Waals surface area contributed by atoms with E-state index < -0.39 is 0 Å². The summed E-state index contributed by atoms with van der Waals surface area (Å²) in [6, 6.07) is 10.4. The molecule has 1 aromatic carbocycles. The van der Waals surface area contributed by atoms with Crippen molar-refractivity contribution in [1.82, 2.24) is 9.55 Å². The number of hydrogen-bond acceptors (Lipinski definition) is 4. The number of imidazole rings is 1. The number of rotatable bonds is 4. The molecule has 1 saturated carbocycles. The van der Waals surface area contributed by atoms with E-state index in [0.717, 1.165) is 41.0 Å². The zero-order valence-electron chi connectivity index (χ0n) is 16.1. The van der Waals surface area contributed by atoms with E-state index in [2.05, 4.69) is 17.6 Å². The van der Waals surface area contributed by atoms with Crippen LogP contribution < -0.4 is 5.73 Å². The van der Waals surface area contributed by atoms with Gasteiger partial charge in [0.1, 0.15) is 17.4 Å². The van der Waals surface area contributed by atoms with Gasteiger partial charge >= 0.3 is 0 Å². The van der Waals surface area contributed by atoms with Gasteiger partial charge in [0.05, 0.1) is 12.2 Å². The smallest absolute Gasteiger partial charge is 0.205 e. The quantitative estimate of drug-likeness (QED) is 0.844. The molecule has 1 aliphatic carbocycles. The van der Waals surface area contributed by atoms with Crippen molar-refractivity contribution in [3.05, 3.63) is 83.5 Å². The molecule has 0 bridgehead atoms. The van der Waals surface area contributed by atoms with Crippen LogP contribution in [0.3, 0.4) is 0 Å². The van der Waals surface area contributed by atoms with Crippen molar-refractivity contribution in [3.63, 3.8) is 0 Å². The molecule has 2 heterocycles. The largest absolute Gasteiger partial charge is 0.445 e. The molecule has 4 rings (SSSR count). The highest BCUT2D eigenvalue weighted by Crippen LogP contribution is 2.46. The third-order valence-corrected chi connectivity index (χ3v) is 5.83. The lowest BCUT2D eigenvalue weighted by atomic mass is 9.76. The summed E-state index contributed by atoms with van der Waals surface area (Å²) < 4.78 is 7.71. The first-order chi connectivity index (χ1) is 13.6. The Morgan fingerprint density at radius 1 is 1.29 bits per heavy atom. The minimum atomic E-state index is -0.247. The molecular weight excluding hydrogens is 348 g/mol. The Morgan fingerprint density at radius 3 is 2.61 bits per heavy atom. The molecule has 2 aromatic rings. The summed E-state index contributed by atoms with van der Waals surface area (Å²) in [6.45, 7) is 6.34. The van der Waals surface area contributed by atoms with Crippen LogP contribution in [0.4, 0.5) is 0 Å². The van der Waals surface area contributed by atoms with Crippen LogP contribution in [0, 0.1) is 17.2 Å². The average molecular weight is 372 g/mol. The minimum Gasteiger partial charge on any atom is -0.445 e. The van der Waals surface area contributed by atoms with E-state index in [-0.39, 0.29) is 11.8 Å². The lowest BCUT2D eigenvalue weighted by Crippen LogP contribution is -2.22. The molecule has 28 heavy (non-hydrogen) atoms. The number of hydrogen-bond donors (Lipinski definition) is 1. The molecule has 1 aromatic heterocycles. The van der Waals surface area contributed by atoms with Gasteiger partial charge < -0.3 is 15.0 Å². The first kappa shape index (κ1) is 18.1. The van der Waals surface area contributed by atoms with Crippen LogP contribution >= 0.6 is 0 Å². The highest BCUT2D eigenvalue weighted by atomic mass is 16.5. The molecule has 1 unspecified atom stereocenters. The van der Waals surface area contributed by atoms with Crippen molar-refractivity contribution in [2.24, 2.45) is 11.7 Å². The predicted molar refractivity (Wildman–Crippen MR) is 108 cm³/mol. The van der Waals surface area contributed by atoms with Gasteiger partial charge in [-0.25, -0.2) is 4.98 Å². The molecule has 0 amide bonds. The van der Waals surface area contributed by atoms with Gasteiger partial charge in [0.15, 0.2) is 0 Å². The molecule has 1 fully saturated rings. The number of nitriles is 1. The minimum absolute atomic E-state index is 0.187. The Labute approximate surface area is 165 Å². The number of nitrogens with zero attached hydrogens (tertiary/aromatic N) is 3. The van der Waals surface area contributed by atoms with Gasteiger partial charge in [0.2, 0.25) is 5.88 Å². The van der Waals surface area contributed by atoms with Crippen molar-refractivity contribution >= 4 is 0 Å². The second-order valence-corrected chi connectivity index (χ2v) is 7.46. The molecule has 1 aliphatic heterocycles. The maximum atomic E-state index is 9.82. The standard InChI is InChI=1S/C23H24N4O/c1-15(17-5-3-4-6-17)21-16(2)28-23(25)20(13-24)22(21)18-7-9-19(10-8-18)27-12-11-26-14-27/h7-12,14,17,22H,1,3-6,25H2,2H3. The van der Waals surface area contributed by atoms with E-state index in [1.807, 2.05) is 42.0 Å². The van der Waals surface area contributed by atoms with E-state index in [0.29, 0.717) is 11.5 Å². The molecule has 1 atom stereocenters. The number of nitrogens with two attached hydrogens (primary N) is 1. The maximum absolute atomic E-state index is 9.82. The molecule has 2 N–H and O–H groups in total. The molecule has 2 aliphatic rings. The Hall–Kier alpha value is -3.26. The van der Waals surface area contributed by atoms with Crippen molar-refractivity contribution in [2.45, 2.75) is 38.5 Å². The fraction of sp³-hybridized carbons (Fsp3) is 0.304. The van der Waals surface area contributed by atoms with Crippen LogP contribution in [-0.2, 0) is 4.74 Å². The van der Waals surface area contributed by atoms with Gasteiger partial charge in [-0.05, 0) is 49.0 Å². The normalized spacial score (nSPS) is 20.2. The fourth-order valence-electron chi connectivity index (χ4n) is 4.37. The Balaban J connectivity index is 1.76. The van der Waals surface area contributed by atoms with Crippen LogP contribution in [0.5, 0.6) is 0 Å². The van der Waals surface area contributed by atoms with Crippen molar-refractivity contribution in [3.8, 4) is 11.8 Å². The lowest BCUT2D eigenvalue weighted by molar-refractivity contribution is 0.280. The Morgan fingerprint density at radius 2 is 2.00 bits per heavy atom. The van der Waals surface area contributed by atoms with E-state index in [9.17, 15) is 5.26 Å². The highest BCUT2D eigenvalue weighted by molar-refractivity contribution is 5.55. The second kappa shape index (κ2) is 7.40. The van der Waals surface area contributed by atoms with E-state index in [1.54, 1.807) is 12.5 Å². The topological polar surface area (TPSA) is 76.9 Å². The SMILES string of the molecule is C=C(C1=C(C)OC(N)=C(C#N)C1c1ccc(-n2ccnc2)cc1)C1CCCC1. The van der Waals surface area contributed by atoms with Crippen LogP contribution in [0.25, 0.3) is 5.69 Å². The van der Waals surface area contributed by atoms with Crippen LogP contribution in [0.1, 0.15) is 44.1 Å². The van der Waals surface area contributed by atoms with Gasteiger partial charge in [0.25, 0.3) is 0 Å². The molecule has 0 saturated heterocycles. The summed E-state index contributed by atoms with van der Waals surface area (Å²) >= 11 is 0. The zero-order valence-corrected chi connectivity index (χ0v) is 16.1. The van der Waals surface area contributed by atoms with Crippen molar-refractivity contribution in [2.75, 3.05) is 0 Å².